The molecule has 0 saturated carbocycles. The minimum Gasteiger partial charge on any atom is -0.323 e. The molecular formula is C18H21NS. The summed E-state index contributed by atoms with van der Waals surface area (Å²) in [6.45, 7) is 6.51. The first-order valence-electron chi connectivity index (χ1n) is 7.14. The Kier molecular flexibility index (Phi) is 3.61. The van der Waals surface area contributed by atoms with Crippen LogP contribution >= 0.6 is 11.8 Å². The fraction of sp³-hybridized carbons (Fsp3) is 0.333. The maximum Gasteiger partial charge on any atom is 0.0425 e. The summed E-state index contributed by atoms with van der Waals surface area (Å²) in [5.41, 5.74) is 13.3. The smallest absolute Gasteiger partial charge is 0.0425 e. The molecule has 2 N–H and O–H groups in total. The second kappa shape index (κ2) is 5.27. The molecule has 0 spiro atoms. The van der Waals surface area contributed by atoms with Gasteiger partial charge >= 0.3 is 0 Å². The Labute approximate surface area is 125 Å². The molecular weight excluding hydrogens is 262 g/mol. The summed E-state index contributed by atoms with van der Waals surface area (Å²) in [6.07, 6.45) is 1.08. The van der Waals surface area contributed by atoms with E-state index in [0.29, 0.717) is 5.25 Å². The van der Waals surface area contributed by atoms with Gasteiger partial charge < -0.3 is 5.73 Å². The predicted molar refractivity (Wildman–Crippen MR) is 87.4 cm³/mol. The first kappa shape index (κ1) is 13.7. The number of rotatable bonds is 2. The number of benzene rings is 2. The summed E-state index contributed by atoms with van der Waals surface area (Å²) < 4.78 is 0. The van der Waals surface area contributed by atoms with Crippen LogP contribution in [0.1, 0.15) is 33.9 Å². The molecule has 1 aliphatic rings. The summed E-state index contributed by atoms with van der Waals surface area (Å²) in [6, 6.07) is 13.3. The molecule has 1 nitrogen and oxygen atoms in total. The van der Waals surface area contributed by atoms with Crippen molar-refractivity contribution < 1.29 is 0 Å². The standard InChI is InChI=1S/C18H21NS/c1-11-8-13(3)15(9-12(11)2)18(19)17-10-14-6-4-5-7-16(14)20-17/h4-9,17-18H,10,19H2,1-3H3. The maximum atomic E-state index is 6.58. The summed E-state index contributed by atoms with van der Waals surface area (Å²) in [4.78, 5) is 1.40. The fourth-order valence-corrected chi connectivity index (χ4v) is 4.29. The third kappa shape index (κ3) is 2.38. The van der Waals surface area contributed by atoms with E-state index in [1.165, 1.54) is 32.7 Å². The molecule has 2 aromatic carbocycles. The molecule has 0 fully saturated rings. The highest BCUT2D eigenvalue weighted by Crippen LogP contribution is 2.42. The predicted octanol–water partition coefficient (Wildman–Crippen LogP) is 4.33. The molecule has 0 radical (unpaired) electrons. The van der Waals surface area contributed by atoms with Crippen LogP contribution in [0.2, 0.25) is 0 Å². The lowest BCUT2D eigenvalue weighted by atomic mass is 9.93. The molecule has 2 atom stereocenters. The van der Waals surface area contributed by atoms with Gasteiger partial charge in [-0.15, -0.1) is 11.8 Å². The zero-order valence-corrected chi connectivity index (χ0v) is 13.1. The Morgan fingerprint density at radius 1 is 1.05 bits per heavy atom. The van der Waals surface area contributed by atoms with Gasteiger partial charge in [0.2, 0.25) is 0 Å². The monoisotopic (exact) mass is 283 g/mol. The van der Waals surface area contributed by atoms with Crippen LogP contribution in [-0.2, 0) is 6.42 Å². The van der Waals surface area contributed by atoms with Gasteiger partial charge in [0.1, 0.15) is 0 Å². The van der Waals surface area contributed by atoms with Gasteiger partial charge in [-0.2, -0.15) is 0 Å². The Morgan fingerprint density at radius 2 is 1.75 bits per heavy atom. The van der Waals surface area contributed by atoms with Crippen molar-refractivity contribution in [2.45, 2.75) is 43.4 Å². The van der Waals surface area contributed by atoms with Crippen molar-refractivity contribution in [1.29, 1.82) is 0 Å². The number of nitrogens with two attached hydrogens (primary N) is 1. The van der Waals surface area contributed by atoms with E-state index in [1.807, 2.05) is 11.8 Å². The number of fused-ring (bicyclic) bond motifs is 1. The molecule has 3 rings (SSSR count). The van der Waals surface area contributed by atoms with E-state index < -0.39 is 0 Å². The van der Waals surface area contributed by atoms with Crippen molar-refractivity contribution in [3.63, 3.8) is 0 Å². The molecule has 0 saturated heterocycles. The molecule has 2 unspecified atom stereocenters. The average molecular weight is 283 g/mol. The zero-order chi connectivity index (χ0) is 14.3. The SMILES string of the molecule is Cc1cc(C)c(C(N)C2Cc3ccccc3S2)cc1C. The second-order valence-corrected chi connectivity index (χ2v) is 7.07. The number of hydrogen-bond acceptors (Lipinski definition) is 2. The van der Waals surface area contributed by atoms with E-state index >= 15 is 0 Å². The maximum absolute atomic E-state index is 6.58. The van der Waals surface area contributed by atoms with Gasteiger partial charge in [-0.3, -0.25) is 0 Å². The summed E-state index contributed by atoms with van der Waals surface area (Å²) in [5, 5.41) is 0.452. The van der Waals surface area contributed by atoms with E-state index in [9.17, 15) is 0 Å². The summed E-state index contributed by atoms with van der Waals surface area (Å²) in [7, 11) is 0. The van der Waals surface area contributed by atoms with E-state index in [1.54, 1.807) is 0 Å². The summed E-state index contributed by atoms with van der Waals surface area (Å²) in [5.74, 6) is 0. The first-order valence-corrected chi connectivity index (χ1v) is 8.02. The van der Waals surface area contributed by atoms with Crippen LogP contribution in [0.25, 0.3) is 0 Å². The average Bonchev–Trinajstić information content (AvgIpc) is 2.86. The van der Waals surface area contributed by atoms with Crippen LogP contribution < -0.4 is 5.73 Å². The normalized spacial score (nSPS) is 18.9. The largest absolute Gasteiger partial charge is 0.323 e. The van der Waals surface area contributed by atoms with Gasteiger partial charge in [-0.25, -0.2) is 0 Å². The first-order chi connectivity index (χ1) is 9.56. The molecule has 2 heteroatoms. The Balaban J connectivity index is 1.88. The molecule has 104 valence electrons. The van der Waals surface area contributed by atoms with Crippen molar-refractivity contribution in [3.05, 3.63) is 64.2 Å². The molecule has 1 aliphatic heterocycles. The van der Waals surface area contributed by atoms with Crippen LogP contribution in [0, 0.1) is 20.8 Å². The number of aryl methyl sites for hydroxylation is 3. The third-order valence-corrected chi connectivity index (χ3v) is 5.73. The third-order valence-electron chi connectivity index (χ3n) is 4.31. The Bertz CT molecular complexity index is 623. The fourth-order valence-electron chi connectivity index (χ4n) is 2.95. The van der Waals surface area contributed by atoms with E-state index in [-0.39, 0.29) is 6.04 Å². The molecule has 0 bridgehead atoms. The molecule has 0 aromatic heterocycles. The number of hydrogen-bond donors (Lipinski definition) is 1. The van der Waals surface area contributed by atoms with Gasteiger partial charge in [0.25, 0.3) is 0 Å². The van der Waals surface area contributed by atoms with Crippen LogP contribution in [0.15, 0.2) is 41.3 Å². The van der Waals surface area contributed by atoms with Gasteiger partial charge in [-0.1, -0.05) is 30.3 Å². The van der Waals surface area contributed by atoms with Crippen LogP contribution in [0.4, 0.5) is 0 Å². The van der Waals surface area contributed by atoms with Gasteiger partial charge in [-0.05, 0) is 61.1 Å². The highest BCUT2D eigenvalue weighted by atomic mass is 32.2. The minimum atomic E-state index is 0.103. The van der Waals surface area contributed by atoms with Crippen molar-refractivity contribution >= 4 is 11.8 Å². The van der Waals surface area contributed by atoms with Crippen molar-refractivity contribution in [2.24, 2.45) is 5.73 Å². The molecule has 1 heterocycles. The quantitative estimate of drug-likeness (QED) is 0.888. The lowest BCUT2D eigenvalue weighted by molar-refractivity contribution is 0.673. The van der Waals surface area contributed by atoms with E-state index in [4.69, 9.17) is 5.73 Å². The van der Waals surface area contributed by atoms with Crippen molar-refractivity contribution in [1.82, 2.24) is 0 Å². The molecule has 2 aromatic rings. The van der Waals surface area contributed by atoms with Gasteiger partial charge in [0.15, 0.2) is 0 Å². The Hall–Kier alpha value is -1.25. The minimum absolute atomic E-state index is 0.103. The van der Waals surface area contributed by atoms with Gasteiger partial charge in [0.05, 0.1) is 0 Å². The van der Waals surface area contributed by atoms with Crippen molar-refractivity contribution in [3.8, 4) is 0 Å². The zero-order valence-electron chi connectivity index (χ0n) is 12.3. The van der Waals surface area contributed by atoms with E-state index in [0.717, 1.165) is 6.42 Å². The Morgan fingerprint density at radius 3 is 2.50 bits per heavy atom. The number of thioether (sulfide) groups is 1. The highest BCUT2D eigenvalue weighted by Gasteiger charge is 2.28. The highest BCUT2D eigenvalue weighted by molar-refractivity contribution is 8.00. The van der Waals surface area contributed by atoms with Crippen molar-refractivity contribution in [2.75, 3.05) is 0 Å². The van der Waals surface area contributed by atoms with E-state index in [2.05, 4.69) is 57.2 Å². The summed E-state index contributed by atoms with van der Waals surface area (Å²) >= 11 is 1.93. The lowest BCUT2D eigenvalue weighted by Crippen LogP contribution is -2.24. The lowest BCUT2D eigenvalue weighted by Gasteiger charge is -2.22. The molecule has 20 heavy (non-hydrogen) atoms. The van der Waals surface area contributed by atoms with Crippen LogP contribution in [-0.4, -0.2) is 5.25 Å². The topological polar surface area (TPSA) is 26.0 Å². The van der Waals surface area contributed by atoms with Gasteiger partial charge in [0, 0.05) is 16.2 Å². The van der Waals surface area contributed by atoms with Crippen LogP contribution in [0.3, 0.4) is 0 Å². The van der Waals surface area contributed by atoms with Crippen LogP contribution in [0.5, 0.6) is 0 Å². The second-order valence-electron chi connectivity index (χ2n) is 5.79. The molecule has 0 amide bonds. The molecule has 0 aliphatic carbocycles.